The molecule has 19 heavy (non-hydrogen) atoms. The first-order valence-electron chi connectivity index (χ1n) is 7.33. The molecule has 5 nitrogen and oxygen atoms in total. The Morgan fingerprint density at radius 1 is 1.32 bits per heavy atom. The van der Waals surface area contributed by atoms with Crippen molar-refractivity contribution in [3.8, 4) is 0 Å². The number of carbonyl (C=O) groups is 2. The lowest BCUT2D eigenvalue weighted by Gasteiger charge is -2.36. The number of urea groups is 1. The molecule has 1 aliphatic heterocycles. The van der Waals surface area contributed by atoms with Gasteiger partial charge in [0.1, 0.15) is 0 Å². The SMILES string of the molecule is CCCCCCNC(=O)N1CCC(C(=O)O)CC1C. The number of piperidine rings is 1. The standard InChI is InChI=1S/C14H26N2O3/c1-3-4-5-6-8-15-14(19)16-9-7-12(13(17)18)10-11(16)2/h11-12H,3-10H2,1-2H3,(H,15,19)(H,17,18). The van der Waals surface area contributed by atoms with E-state index < -0.39 is 5.97 Å². The number of hydrogen-bond acceptors (Lipinski definition) is 2. The molecule has 0 bridgehead atoms. The van der Waals surface area contributed by atoms with Gasteiger partial charge in [-0.15, -0.1) is 0 Å². The molecule has 0 aromatic heterocycles. The number of carbonyl (C=O) groups excluding carboxylic acids is 1. The summed E-state index contributed by atoms with van der Waals surface area (Å²) in [5, 5.41) is 11.9. The number of amides is 2. The highest BCUT2D eigenvalue weighted by molar-refractivity contribution is 5.75. The third-order valence-corrected chi connectivity index (χ3v) is 3.79. The minimum atomic E-state index is -0.744. The summed E-state index contributed by atoms with van der Waals surface area (Å²) < 4.78 is 0. The number of carboxylic acid groups (broad SMARTS) is 1. The molecule has 0 saturated carbocycles. The average Bonchev–Trinajstić information content (AvgIpc) is 2.38. The van der Waals surface area contributed by atoms with Crippen molar-refractivity contribution in [3.05, 3.63) is 0 Å². The van der Waals surface area contributed by atoms with Crippen molar-refractivity contribution >= 4 is 12.0 Å². The Labute approximate surface area is 115 Å². The molecule has 1 heterocycles. The van der Waals surface area contributed by atoms with Crippen LogP contribution in [0.15, 0.2) is 0 Å². The summed E-state index contributed by atoms with van der Waals surface area (Å²) in [6.07, 6.45) is 5.67. The zero-order chi connectivity index (χ0) is 14.3. The van der Waals surface area contributed by atoms with Crippen LogP contribution in [0.2, 0.25) is 0 Å². The molecule has 2 unspecified atom stereocenters. The second kappa shape index (κ2) is 8.02. The molecule has 0 aromatic rings. The maximum absolute atomic E-state index is 12.0. The van der Waals surface area contributed by atoms with Crippen LogP contribution in [0, 0.1) is 5.92 Å². The Bertz CT molecular complexity index is 307. The summed E-state index contributed by atoms with van der Waals surface area (Å²) in [5.41, 5.74) is 0. The van der Waals surface area contributed by atoms with E-state index in [1.165, 1.54) is 12.8 Å². The third kappa shape index (κ3) is 5.09. The minimum absolute atomic E-state index is 0.00509. The summed E-state index contributed by atoms with van der Waals surface area (Å²) in [7, 11) is 0. The zero-order valence-corrected chi connectivity index (χ0v) is 12.0. The van der Waals surface area contributed by atoms with Crippen LogP contribution >= 0.6 is 0 Å². The van der Waals surface area contributed by atoms with Gasteiger partial charge in [-0.1, -0.05) is 26.2 Å². The molecule has 5 heteroatoms. The maximum atomic E-state index is 12.0. The summed E-state index contributed by atoms with van der Waals surface area (Å²) in [6, 6.07) is -0.0432. The minimum Gasteiger partial charge on any atom is -0.481 e. The molecular weight excluding hydrogens is 244 g/mol. The van der Waals surface area contributed by atoms with Gasteiger partial charge in [-0.05, 0) is 26.2 Å². The Morgan fingerprint density at radius 3 is 2.63 bits per heavy atom. The van der Waals surface area contributed by atoms with Gasteiger partial charge in [-0.25, -0.2) is 4.79 Å². The van der Waals surface area contributed by atoms with E-state index in [-0.39, 0.29) is 18.0 Å². The van der Waals surface area contributed by atoms with Gasteiger partial charge in [-0.3, -0.25) is 4.79 Å². The second-order valence-electron chi connectivity index (χ2n) is 5.39. The Hall–Kier alpha value is -1.26. The quantitative estimate of drug-likeness (QED) is 0.728. The van der Waals surface area contributed by atoms with Gasteiger partial charge < -0.3 is 15.3 Å². The largest absolute Gasteiger partial charge is 0.481 e. The third-order valence-electron chi connectivity index (χ3n) is 3.79. The fourth-order valence-corrected chi connectivity index (χ4v) is 2.55. The van der Waals surface area contributed by atoms with E-state index in [1.807, 2.05) is 6.92 Å². The monoisotopic (exact) mass is 270 g/mol. The van der Waals surface area contributed by atoms with Crippen LogP contribution in [0.25, 0.3) is 0 Å². The lowest BCUT2D eigenvalue weighted by molar-refractivity contribution is -0.143. The van der Waals surface area contributed by atoms with Gasteiger partial charge in [0.05, 0.1) is 5.92 Å². The normalized spacial score (nSPS) is 23.2. The average molecular weight is 270 g/mol. The van der Waals surface area contributed by atoms with E-state index in [4.69, 9.17) is 5.11 Å². The number of aliphatic carboxylic acids is 1. The van der Waals surface area contributed by atoms with Crippen LogP contribution in [-0.4, -0.2) is 41.1 Å². The van der Waals surface area contributed by atoms with Gasteiger partial charge in [0.2, 0.25) is 0 Å². The predicted molar refractivity (Wildman–Crippen MR) is 74.1 cm³/mol. The zero-order valence-electron chi connectivity index (χ0n) is 12.0. The van der Waals surface area contributed by atoms with Crippen LogP contribution in [-0.2, 0) is 4.79 Å². The number of nitrogens with zero attached hydrogens (tertiary/aromatic N) is 1. The highest BCUT2D eigenvalue weighted by atomic mass is 16.4. The first-order chi connectivity index (χ1) is 9.06. The molecule has 2 N–H and O–H groups in total. The molecule has 2 atom stereocenters. The van der Waals surface area contributed by atoms with Gasteiger partial charge in [0.15, 0.2) is 0 Å². The molecule has 2 amide bonds. The summed E-state index contributed by atoms with van der Waals surface area (Å²) >= 11 is 0. The van der Waals surface area contributed by atoms with E-state index in [9.17, 15) is 9.59 Å². The fraction of sp³-hybridized carbons (Fsp3) is 0.857. The van der Waals surface area contributed by atoms with Crippen LogP contribution in [0.5, 0.6) is 0 Å². The van der Waals surface area contributed by atoms with Crippen molar-refractivity contribution in [1.82, 2.24) is 10.2 Å². The van der Waals surface area contributed by atoms with E-state index in [2.05, 4.69) is 12.2 Å². The Balaban J connectivity index is 2.27. The van der Waals surface area contributed by atoms with E-state index >= 15 is 0 Å². The lowest BCUT2D eigenvalue weighted by atomic mass is 9.92. The van der Waals surface area contributed by atoms with Crippen LogP contribution < -0.4 is 5.32 Å². The van der Waals surface area contributed by atoms with Crippen molar-refractivity contribution in [2.24, 2.45) is 5.92 Å². The highest BCUT2D eigenvalue weighted by Gasteiger charge is 2.31. The molecule has 0 aromatic carbocycles. The van der Waals surface area contributed by atoms with Crippen molar-refractivity contribution in [2.45, 2.75) is 58.4 Å². The Morgan fingerprint density at radius 2 is 2.05 bits per heavy atom. The van der Waals surface area contributed by atoms with Gasteiger partial charge in [0.25, 0.3) is 0 Å². The fourth-order valence-electron chi connectivity index (χ4n) is 2.55. The summed E-state index contributed by atoms with van der Waals surface area (Å²) in [4.78, 5) is 24.7. The first-order valence-corrected chi connectivity index (χ1v) is 7.33. The number of nitrogens with one attached hydrogen (secondary N) is 1. The topological polar surface area (TPSA) is 69.6 Å². The summed E-state index contributed by atoms with van der Waals surface area (Å²) in [5.74, 6) is -1.05. The molecule has 0 aliphatic carbocycles. The van der Waals surface area contributed by atoms with E-state index in [1.54, 1.807) is 4.90 Å². The Kier molecular flexibility index (Phi) is 6.67. The van der Waals surface area contributed by atoms with E-state index in [0.717, 1.165) is 12.8 Å². The molecular formula is C14H26N2O3. The first kappa shape index (κ1) is 15.8. The highest BCUT2D eigenvalue weighted by Crippen LogP contribution is 2.22. The number of hydrogen-bond donors (Lipinski definition) is 2. The molecule has 0 radical (unpaired) electrons. The molecule has 1 rings (SSSR count). The van der Waals surface area contributed by atoms with E-state index in [0.29, 0.717) is 25.9 Å². The smallest absolute Gasteiger partial charge is 0.317 e. The van der Waals surface area contributed by atoms with Gasteiger partial charge >= 0.3 is 12.0 Å². The van der Waals surface area contributed by atoms with Gasteiger partial charge in [-0.2, -0.15) is 0 Å². The van der Waals surface area contributed by atoms with Crippen LogP contribution in [0.3, 0.4) is 0 Å². The predicted octanol–water partition coefficient (Wildman–Crippen LogP) is 2.46. The molecule has 1 fully saturated rings. The number of carboxylic acids is 1. The van der Waals surface area contributed by atoms with Crippen molar-refractivity contribution in [2.75, 3.05) is 13.1 Å². The number of rotatable bonds is 6. The molecule has 110 valence electrons. The molecule has 1 saturated heterocycles. The van der Waals surface area contributed by atoms with Gasteiger partial charge in [0, 0.05) is 19.1 Å². The number of unbranched alkanes of at least 4 members (excludes halogenated alkanes) is 3. The summed E-state index contributed by atoms with van der Waals surface area (Å²) in [6.45, 7) is 5.34. The van der Waals surface area contributed by atoms with Crippen molar-refractivity contribution < 1.29 is 14.7 Å². The lowest BCUT2D eigenvalue weighted by Crippen LogP contribution is -2.50. The van der Waals surface area contributed by atoms with Crippen LogP contribution in [0.1, 0.15) is 52.4 Å². The number of likely N-dealkylation sites (tertiary alicyclic amines) is 1. The molecule has 0 spiro atoms. The van der Waals surface area contributed by atoms with Crippen molar-refractivity contribution in [3.63, 3.8) is 0 Å². The van der Waals surface area contributed by atoms with Crippen molar-refractivity contribution in [1.29, 1.82) is 0 Å². The second-order valence-corrected chi connectivity index (χ2v) is 5.39. The molecule has 1 aliphatic rings. The maximum Gasteiger partial charge on any atom is 0.317 e. The van der Waals surface area contributed by atoms with Crippen LogP contribution in [0.4, 0.5) is 4.79 Å².